The summed E-state index contributed by atoms with van der Waals surface area (Å²) in [7, 11) is 0. The van der Waals surface area contributed by atoms with Crippen LogP contribution in [0.25, 0.3) is 0 Å². The lowest BCUT2D eigenvalue weighted by Gasteiger charge is -2.48. The third kappa shape index (κ3) is 3.02. The summed E-state index contributed by atoms with van der Waals surface area (Å²) < 4.78 is 5.79. The second kappa shape index (κ2) is 5.71. The molecule has 2 atom stereocenters. The maximum Gasteiger partial charge on any atom is 0.0716 e. The molecule has 98 valence electrons. The largest absolute Gasteiger partial charge is 0.377 e. The van der Waals surface area contributed by atoms with Gasteiger partial charge in [-0.1, -0.05) is 49.4 Å². The summed E-state index contributed by atoms with van der Waals surface area (Å²) in [6, 6.07) is 10.4. The lowest BCUT2D eigenvalue weighted by Crippen LogP contribution is -2.38. The molecule has 1 heteroatoms. The molecule has 1 aromatic rings. The molecule has 2 rings (SSSR count). The molecule has 0 aromatic heterocycles. The monoisotopic (exact) mass is 244 g/mol. The van der Waals surface area contributed by atoms with Gasteiger partial charge in [0.05, 0.1) is 6.61 Å². The Balaban J connectivity index is 1.71. The quantitative estimate of drug-likeness (QED) is 0.525. The molecule has 1 aromatic carbocycles. The van der Waals surface area contributed by atoms with Crippen molar-refractivity contribution < 1.29 is 4.74 Å². The predicted molar refractivity (Wildman–Crippen MR) is 76.4 cm³/mol. The zero-order chi connectivity index (χ0) is 13.0. The van der Waals surface area contributed by atoms with E-state index < -0.39 is 0 Å². The van der Waals surface area contributed by atoms with Crippen molar-refractivity contribution in [1.29, 1.82) is 0 Å². The smallest absolute Gasteiger partial charge is 0.0716 e. The summed E-state index contributed by atoms with van der Waals surface area (Å²) >= 11 is 0. The fourth-order valence-corrected chi connectivity index (χ4v) is 2.99. The Morgan fingerprint density at radius 2 is 2.11 bits per heavy atom. The molecule has 1 fully saturated rings. The second-order valence-corrected chi connectivity index (χ2v) is 5.88. The maximum absolute atomic E-state index is 5.79. The molecule has 0 bridgehead atoms. The van der Waals surface area contributed by atoms with Crippen LogP contribution in [0.2, 0.25) is 0 Å². The third-order valence-electron chi connectivity index (χ3n) is 4.37. The first-order chi connectivity index (χ1) is 8.62. The Morgan fingerprint density at radius 3 is 2.67 bits per heavy atom. The van der Waals surface area contributed by atoms with Gasteiger partial charge in [0.1, 0.15) is 0 Å². The Hall–Kier alpha value is -1.08. The van der Waals surface area contributed by atoms with Crippen molar-refractivity contribution >= 4 is 0 Å². The normalized spacial score (nSPS) is 26.7. The molecule has 0 amide bonds. The standard InChI is InChI=1S/C17H24O/c1-14(2)16-9-10-17(16,3)11-12-18-13-15-7-5-4-6-8-15/h4-8,16H,1,9-13H2,2-3H3/t16-,17+/m0/s1. The van der Waals surface area contributed by atoms with Gasteiger partial charge in [0.15, 0.2) is 0 Å². The van der Waals surface area contributed by atoms with E-state index in [1.54, 1.807) is 0 Å². The molecule has 18 heavy (non-hydrogen) atoms. The van der Waals surface area contributed by atoms with E-state index in [-0.39, 0.29) is 0 Å². The first kappa shape index (κ1) is 13.4. The average molecular weight is 244 g/mol. The number of rotatable bonds is 6. The Labute approximate surface area is 111 Å². The lowest BCUT2D eigenvalue weighted by molar-refractivity contribution is 0.0182. The fourth-order valence-electron chi connectivity index (χ4n) is 2.99. The van der Waals surface area contributed by atoms with Gasteiger partial charge in [-0.3, -0.25) is 0 Å². The van der Waals surface area contributed by atoms with Crippen LogP contribution in [0, 0.1) is 11.3 Å². The highest BCUT2D eigenvalue weighted by Gasteiger charge is 2.42. The van der Waals surface area contributed by atoms with Crippen LogP contribution in [0.5, 0.6) is 0 Å². The number of ether oxygens (including phenoxy) is 1. The van der Waals surface area contributed by atoms with Gasteiger partial charge in [0.25, 0.3) is 0 Å². The molecule has 1 saturated carbocycles. The van der Waals surface area contributed by atoms with Gasteiger partial charge in [-0.25, -0.2) is 0 Å². The van der Waals surface area contributed by atoms with Crippen molar-refractivity contribution in [2.24, 2.45) is 11.3 Å². The van der Waals surface area contributed by atoms with E-state index in [2.05, 4.69) is 44.7 Å². The summed E-state index contributed by atoms with van der Waals surface area (Å²) in [5.74, 6) is 0.706. The van der Waals surface area contributed by atoms with Crippen molar-refractivity contribution in [3.05, 3.63) is 48.0 Å². The SMILES string of the molecule is C=C(C)[C@@H]1CC[C@]1(C)CCOCc1ccccc1. The van der Waals surface area contributed by atoms with E-state index in [1.807, 2.05) is 6.07 Å². The molecule has 0 heterocycles. The third-order valence-corrected chi connectivity index (χ3v) is 4.37. The van der Waals surface area contributed by atoms with E-state index in [0.717, 1.165) is 19.6 Å². The van der Waals surface area contributed by atoms with Crippen LogP contribution < -0.4 is 0 Å². The molecular weight excluding hydrogens is 220 g/mol. The van der Waals surface area contributed by atoms with Crippen LogP contribution in [0.3, 0.4) is 0 Å². The zero-order valence-electron chi connectivity index (χ0n) is 11.6. The number of hydrogen-bond acceptors (Lipinski definition) is 1. The molecule has 1 aliphatic carbocycles. The van der Waals surface area contributed by atoms with Gasteiger partial charge < -0.3 is 4.74 Å². The van der Waals surface area contributed by atoms with Crippen LogP contribution >= 0.6 is 0 Å². The Bertz CT molecular complexity index is 395. The fraction of sp³-hybridized carbons (Fsp3) is 0.529. The van der Waals surface area contributed by atoms with Crippen LogP contribution in [0.4, 0.5) is 0 Å². The first-order valence-corrected chi connectivity index (χ1v) is 6.89. The van der Waals surface area contributed by atoms with E-state index in [0.29, 0.717) is 11.3 Å². The van der Waals surface area contributed by atoms with E-state index >= 15 is 0 Å². The molecule has 0 unspecified atom stereocenters. The minimum Gasteiger partial charge on any atom is -0.377 e. The summed E-state index contributed by atoms with van der Waals surface area (Å²) in [5.41, 5.74) is 3.03. The Kier molecular flexibility index (Phi) is 4.23. The van der Waals surface area contributed by atoms with E-state index in [1.165, 1.54) is 24.0 Å². The lowest BCUT2D eigenvalue weighted by atomic mass is 9.57. The molecule has 0 N–H and O–H groups in total. The van der Waals surface area contributed by atoms with Gasteiger partial charge in [0, 0.05) is 6.61 Å². The average Bonchev–Trinajstić information content (AvgIpc) is 2.33. The van der Waals surface area contributed by atoms with Gasteiger partial charge in [-0.05, 0) is 43.1 Å². The highest BCUT2D eigenvalue weighted by Crippen LogP contribution is 2.51. The minimum atomic E-state index is 0.433. The first-order valence-electron chi connectivity index (χ1n) is 6.89. The van der Waals surface area contributed by atoms with E-state index in [4.69, 9.17) is 4.74 Å². The van der Waals surface area contributed by atoms with Crippen molar-refractivity contribution in [1.82, 2.24) is 0 Å². The van der Waals surface area contributed by atoms with Crippen LogP contribution in [-0.2, 0) is 11.3 Å². The minimum absolute atomic E-state index is 0.433. The highest BCUT2D eigenvalue weighted by atomic mass is 16.5. The van der Waals surface area contributed by atoms with Crippen LogP contribution in [0.1, 0.15) is 38.7 Å². The number of allylic oxidation sites excluding steroid dienone is 1. The summed E-state index contributed by atoms with van der Waals surface area (Å²) in [6.45, 7) is 10.2. The number of hydrogen-bond donors (Lipinski definition) is 0. The van der Waals surface area contributed by atoms with E-state index in [9.17, 15) is 0 Å². The highest BCUT2D eigenvalue weighted by molar-refractivity contribution is 5.13. The van der Waals surface area contributed by atoms with Crippen molar-refractivity contribution in [2.45, 2.75) is 39.7 Å². The van der Waals surface area contributed by atoms with Crippen molar-refractivity contribution in [3.63, 3.8) is 0 Å². The predicted octanol–water partition coefficient (Wildman–Crippen LogP) is 4.59. The van der Waals surface area contributed by atoms with Crippen molar-refractivity contribution in [2.75, 3.05) is 6.61 Å². The van der Waals surface area contributed by atoms with Crippen LogP contribution in [0.15, 0.2) is 42.5 Å². The summed E-state index contributed by atoms with van der Waals surface area (Å²) in [6.07, 6.45) is 3.78. The zero-order valence-corrected chi connectivity index (χ0v) is 11.6. The summed E-state index contributed by atoms with van der Waals surface area (Å²) in [4.78, 5) is 0. The Morgan fingerprint density at radius 1 is 1.39 bits per heavy atom. The molecule has 0 aliphatic heterocycles. The maximum atomic E-state index is 5.79. The van der Waals surface area contributed by atoms with Gasteiger partial charge in [-0.2, -0.15) is 0 Å². The number of benzene rings is 1. The molecular formula is C17H24O. The molecule has 0 spiro atoms. The van der Waals surface area contributed by atoms with Crippen LogP contribution in [-0.4, -0.2) is 6.61 Å². The van der Waals surface area contributed by atoms with Gasteiger partial charge in [0.2, 0.25) is 0 Å². The molecule has 0 radical (unpaired) electrons. The molecule has 1 aliphatic rings. The van der Waals surface area contributed by atoms with Gasteiger partial charge >= 0.3 is 0 Å². The summed E-state index contributed by atoms with van der Waals surface area (Å²) in [5, 5.41) is 0. The topological polar surface area (TPSA) is 9.23 Å². The van der Waals surface area contributed by atoms with Gasteiger partial charge in [-0.15, -0.1) is 0 Å². The molecule has 1 nitrogen and oxygen atoms in total. The van der Waals surface area contributed by atoms with Crippen molar-refractivity contribution in [3.8, 4) is 0 Å². The molecule has 0 saturated heterocycles. The second-order valence-electron chi connectivity index (χ2n) is 5.88.